The van der Waals surface area contributed by atoms with Crippen LogP contribution in [0.2, 0.25) is 0 Å². The number of anilines is 1. The second kappa shape index (κ2) is 7.36. The largest absolute Gasteiger partial charge is 0.495 e. The van der Waals surface area contributed by atoms with Gasteiger partial charge in [0.25, 0.3) is 0 Å². The number of hydrogen-bond donors (Lipinski definition) is 1. The lowest BCUT2D eigenvalue weighted by Gasteiger charge is -2.14. The van der Waals surface area contributed by atoms with E-state index in [0.717, 1.165) is 15.9 Å². The van der Waals surface area contributed by atoms with Crippen molar-refractivity contribution in [2.45, 2.75) is 17.2 Å². The number of nitrogens with one attached hydrogen (secondary N) is 1. The zero-order valence-electron chi connectivity index (χ0n) is 13.5. The number of nitrogens with zero attached hydrogens (tertiary/aromatic N) is 1. The first-order chi connectivity index (χ1) is 11.7. The van der Waals surface area contributed by atoms with Gasteiger partial charge in [0.2, 0.25) is 5.91 Å². The first-order valence-corrected chi connectivity index (χ1v) is 8.51. The predicted molar refractivity (Wildman–Crippen MR) is 98.7 cm³/mol. The van der Waals surface area contributed by atoms with Crippen LogP contribution in [0.4, 0.5) is 5.69 Å². The summed E-state index contributed by atoms with van der Waals surface area (Å²) in [6.07, 6.45) is 0. The van der Waals surface area contributed by atoms with Crippen LogP contribution in [-0.4, -0.2) is 23.3 Å². The molecule has 0 bridgehead atoms. The van der Waals surface area contributed by atoms with Gasteiger partial charge in [0, 0.05) is 5.39 Å². The second-order valence-corrected chi connectivity index (χ2v) is 6.65. The predicted octanol–water partition coefficient (Wildman–Crippen LogP) is 4.36. The van der Waals surface area contributed by atoms with Crippen LogP contribution in [0.5, 0.6) is 5.75 Å². The number of carbonyl (C=O) groups excluding carboxylic acids is 1. The van der Waals surface area contributed by atoms with Gasteiger partial charge in [-0.3, -0.25) is 4.79 Å². The normalized spacial score (nSPS) is 11.9. The molecule has 4 nitrogen and oxygen atoms in total. The first kappa shape index (κ1) is 16.3. The third kappa shape index (κ3) is 3.68. The molecule has 1 heterocycles. The zero-order chi connectivity index (χ0) is 16.9. The van der Waals surface area contributed by atoms with Gasteiger partial charge >= 0.3 is 0 Å². The molecule has 0 unspecified atom stereocenters. The fraction of sp³-hybridized carbons (Fsp3) is 0.158. The Hall–Kier alpha value is -2.53. The van der Waals surface area contributed by atoms with Crippen molar-refractivity contribution in [3.8, 4) is 5.75 Å². The average molecular weight is 338 g/mol. The van der Waals surface area contributed by atoms with Crippen molar-refractivity contribution in [3.63, 3.8) is 0 Å². The van der Waals surface area contributed by atoms with Crippen molar-refractivity contribution in [2.75, 3.05) is 12.4 Å². The number of hydrogen-bond acceptors (Lipinski definition) is 4. The minimum Gasteiger partial charge on any atom is -0.495 e. The summed E-state index contributed by atoms with van der Waals surface area (Å²) in [5, 5.41) is 4.55. The van der Waals surface area contributed by atoms with E-state index >= 15 is 0 Å². The van der Waals surface area contributed by atoms with Crippen LogP contribution in [0.3, 0.4) is 0 Å². The highest BCUT2D eigenvalue weighted by molar-refractivity contribution is 8.00. The summed E-state index contributed by atoms with van der Waals surface area (Å²) >= 11 is 1.44. The van der Waals surface area contributed by atoms with Crippen LogP contribution < -0.4 is 10.1 Å². The molecule has 0 aliphatic heterocycles. The molecular formula is C19H18N2O2S. The molecule has 0 spiro atoms. The van der Waals surface area contributed by atoms with E-state index in [-0.39, 0.29) is 11.2 Å². The Bertz CT molecular complexity index is 867. The zero-order valence-corrected chi connectivity index (χ0v) is 14.3. The minimum atomic E-state index is -0.274. The van der Waals surface area contributed by atoms with E-state index in [0.29, 0.717) is 11.4 Å². The smallest absolute Gasteiger partial charge is 0.237 e. The first-order valence-electron chi connectivity index (χ1n) is 7.63. The number of rotatable bonds is 5. The molecule has 0 radical (unpaired) electrons. The molecule has 1 aromatic heterocycles. The van der Waals surface area contributed by atoms with Gasteiger partial charge in [0.15, 0.2) is 0 Å². The Morgan fingerprint density at radius 3 is 2.67 bits per heavy atom. The lowest BCUT2D eigenvalue weighted by Crippen LogP contribution is -2.22. The van der Waals surface area contributed by atoms with Gasteiger partial charge < -0.3 is 10.1 Å². The third-order valence-corrected chi connectivity index (χ3v) is 4.64. The SMILES string of the molecule is COc1ccccc1NC(=O)[C@H](C)Sc1ccc2ccccc2n1. The number of aromatic nitrogens is 1. The maximum Gasteiger partial charge on any atom is 0.237 e. The molecule has 1 atom stereocenters. The van der Waals surface area contributed by atoms with Crippen LogP contribution in [0, 0.1) is 0 Å². The molecule has 0 aliphatic rings. The van der Waals surface area contributed by atoms with Crippen LogP contribution in [0.15, 0.2) is 65.7 Å². The quantitative estimate of drug-likeness (QED) is 0.702. The molecule has 122 valence electrons. The van der Waals surface area contributed by atoms with E-state index in [1.165, 1.54) is 11.8 Å². The summed E-state index contributed by atoms with van der Waals surface area (Å²) in [6.45, 7) is 1.87. The monoisotopic (exact) mass is 338 g/mol. The lowest BCUT2D eigenvalue weighted by molar-refractivity contribution is -0.115. The van der Waals surface area contributed by atoms with Crippen LogP contribution in [-0.2, 0) is 4.79 Å². The topological polar surface area (TPSA) is 51.2 Å². The molecule has 1 N–H and O–H groups in total. The van der Waals surface area contributed by atoms with E-state index < -0.39 is 0 Å². The van der Waals surface area contributed by atoms with E-state index in [4.69, 9.17) is 4.74 Å². The second-order valence-electron chi connectivity index (χ2n) is 5.29. The molecular weight excluding hydrogens is 320 g/mol. The highest BCUT2D eigenvalue weighted by Crippen LogP contribution is 2.27. The highest BCUT2D eigenvalue weighted by Gasteiger charge is 2.17. The number of amides is 1. The van der Waals surface area contributed by atoms with Crippen LogP contribution in [0.25, 0.3) is 10.9 Å². The Balaban J connectivity index is 1.71. The summed E-state index contributed by atoms with van der Waals surface area (Å²) in [7, 11) is 1.59. The van der Waals surface area contributed by atoms with Crippen molar-refractivity contribution in [1.29, 1.82) is 0 Å². The standard InChI is InChI=1S/C19H18N2O2S/c1-13(19(22)21-16-9-5-6-10-17(16)23-2)24-18-12-11-14-7-3-4-8-15(14)20-18/h3-13H,1-2H3,(H,21,22)/t13-/m0/s1. The Labute approximate surface area is 145 Å². The summed E-state index contributed by atoms with van der Waals surface area (Å²) in [4.78, 5) is 17.0. The van der Waals surface area contributed by atoms with E-state index in [9.17, 15) is 4.79 Å². The number of thioether (sulfide) groups is 1. The number of carbonyl (C=O) groups is 1. The molecule has 0 saturated heterocycles. The number of ether oxygens (including phenoxy) is 1. The van der Waals surface area contributed by atoms with Crippen LogP contribution in [0.1, 0.15) is 6.92 Å². The minimum absolute atomic E-state index is 0.0838. The molecule has 24 heavy (non-hydrogen) atoms. The Morgan fingerprint density at radius 1 is 1.08 bits per heavy atom. The summed E-state index contributed by atoms with van der Waals surface area (Å²) in [5.74, 6) is 0.561. The molecule has 3 aromatic rings. The molecule has 3 rings (SSSR count). The van der Waals surface area contributed by atoms with Crippen molar-refractivity contribution < 1.29 is 9.53 Å². The fourth-order valence-electron chi connectivity index (χ4n) is 2.33. The van der Waals surface area contributed by atoms with Gasteiger partial charge in [-0.25, -0.2) is 4.98 Å². The summed E-state index contributed by atoms with van der Waals surface area (Å²) < 4.78 is 5.26. The number of pyridine rings is 1. The van der Waals surface area contributed by atoms with Gasteiger partial charge in [-0.2, -0.15) is 0 Å². The molecule has 5 heteroatoms. The molecule has 0 saturated carbocycles. The third-order valence-electron chi connectivity index (χ3n) is 3.60. The fourth-order valence-corrected chi connectivity index (χ4v) is 3.16. The Morgan fingerprint density at radius 2 is 1.83 bits per heavy atom. The van der Waals surface area contributed by atoms with Crippen LogP contribution >= 0.6 is 11.8 Å². The van der Waals surface area contributed by atoms with Gasteiger partial charge in [-0.15, -0.1) is 0 Å². The number of benzene rings is 2. The molecule has 2 aromatic carbocycles. The average Bonchev–Trinajstić information content (AvgIpc) is 2.62. The summed E-state index contributed by atoms with van der Waals surface area (Å²) in [6, 6.07) is 19.3. The van der Waals surface area contributed by atoms with Gasteiger partial charge in [-0.1, -0.05) is 48.2 Å². The van der Waals surface area contributed by atoms with Crippen molar-refractivity contribution >= 4 is 34.3 Å². The van der Waals surface area contributed by atoms with Crippen molar-refractivity contribution in [3.05, 3.63) is 60.7 Å². The maximum atomic E-state index is 12.4. The lowest BCUT2D eigenvalue weighted by atomic mass is 10.2. The summed E-state index contributed by atoms with van der Waals surface area (Å²) in [5.41, 5.74) is 1.60. The van der Waals surface area contributed by atoms with E-state index in [1.807, 2.05) is 67.6 Å². The van der Waals surface area contributed by atoms with E-state index in [2.05, 4.69) is 10.3 Å². The van der Waals surface area contributed by atoms with Crippen molar-refractivity contribution in [2.24, 2.45) is 0 Å². The number of para-hydroxylation sites is 3. The Kier molecular flexibility index (Phi) is 5.01. The molecule has 1 amide bonds. The van der Waals surface area contributed by atoms with Gasteiger partial charge in [-0.05, 0) is 31.2 Å². The van der Waals surface area contributed by atoms with Gasteiger partial charge in [0.1, 0.15) is 5.75 Å². The number of fused-ring (bicyclic) bond motifs is 1. The molecule has 0 aliphatic carbocycles. The maximum absolute atomic E-state index is 12.4. The van der Waals surface area contributed by atoms with Gasteiger partial charge in [0.05, 0.1) is 28.6 Å². The van der Waals surface area contributed by atoms with E-state index in [1.54, 1.807) is 7.11 Å². The highest BCUT2D eigenvalue weighted by atomic mass is 32.2. The van der Waals surface area contributed by atoms with Crippen molar-refractivity contribution in [1.82, 2.24) is 4.98 Å². The number of methoxy groups -OCH3 is 1. The molecule has 0 fully saturated rings.